The van der Waals surface area contributed by atoms with E-state index in [1.165, 1.54) is 30.3 Å². The van der Waals surface area contributed by atoms with Crippen LogP contribution < -0.4 is 5.32 Å². The van der Waals surface area contributed by atoms with Crippen molar-refractivity contribution in [2.45, 2.75) is 32.2 Å². The minimum Gasteiger partial charge on any atom is -0.349 e. The van der Waals surface area contributed by atoms with Crippen LogP contribution in [0, 0.1) is 0 Å². The first-order chi connectivity index (χ1) is 14.8. The van der Waals surface area contributed by atoms with Crippen LogP contribution in [-0.4, -0.2) is 37.2 Å². The van der Waals surface area contributed by atoms with Crippen LogP contribution in [-0.2, 0) is 19.4 Å². The van der Waals surface area contributed by atoms with Crippen molar-refractivity contribution in [2.24, 2.45) is 0 Å². The standard InChI is InChI=1S/C23H22N6O/c30-23(20-15-26-17-8-2-3-9-18(17)27-20)25-13-14-29-21-11-4-1-7-16(21)22(28-29)19-10-5-6-12-24-19/h2-3,5-6,8-10,12,15H,1,4,7,11,13-14H2,(H,25,30). The number of aromatic nitrogens is 5. The first-order valence-electron chi connectivity index (χ1n) is 10.3. The Morgan fingerprint density at radius 3 is 2.70 bits per heavy atom. The number of hydrogen-bond acceptors (Lipinski definition) is 5. The SMILES string of the molecule is O=C(NCCn1nc(-c2ccccn2)c2c1CCCC2)c1cnc2ccccc2n1. The van der Waals surface area contributed by atoms with Crippen LogP contribution in [0.15, 0.2) is 54.9 Å². The lowest BCUT2D eigenvalue weighted by Crippen LogP contribution is -2.29. The number of amides is 1. The molecule has 150 valence electrons. The van der Waals surface area contributed by atoms with Gasteiger partial charge < -0.3 is 5.32 Å². The Morgan fingerprint density at radius 1 is 1.00 bits per heavy atom. The molecule has 1 aromatic carbocycles. The molecule has 0 bridgehead atoms. The highest BCUT2D eigenvalue weighted by molar-refractivity contribution is 5.93. The zero-order valence-electron chi connectivity index (χ0n) is 16.6. The number of benzene rings is 1. The van der Waals surface area contributed by atoms with Gasteiger partial charge in [-0.25, -0.2) is 4.98 Å². The van der Waals surface area contributed by atoms with Crippen LogP contribution in [0.1, 0.15) is 34.6 Å². The molecule has 3 aromatic heterocycles. The van der Waals surface area contributed by atoms with Gasteiger partial charge in [0.15, 0.2) is 0 Å². The lowest BCUT2D eigenvalue weighted by Gasteiger charge is -2.14. The van der Waals surface area contributed by atoms with E-state index in [4.69, 9.17) is 5.10 Å². The highest BCUT2D eigenvalue weighted by Crippen LogP contribution is 2.30. The molecule has 7 heteroatoms. The summed E-state index contributed by atoms with van der Waals surface area (Å²) in [7, 11) is 0. The predicted molar refractivity (Wildman–Crippen MR) is 114 cm³/mol. The third-order valence-corrected chi connectivity index (χ3v) is 5.45. The van der Waals surface area contributed by atoms with Crippen LogP contribution >= 0.6 is 0 Å². The van der Waals surface area contributed by atoms with E-state index in [2.05, 4.69) is 20.3 Å². The van der Waals surface area contributed by atoms with Gasteiger partial charge in [0.05, 0.1) is 29.5 Å². The molecule has 0 fully saturated rings. The lowest BCUT2D eigenvalue weighted by molar-refractivity contribution is 0.0947. The summed E-state index contributed by atoms with van der Waals surface area (Å²) in [6.45, 7) is 1.09. The lowest BCUT2D eigenvalue weighted by atomic mass is 9.95. The van der Waals surface area contributed by atoms with Gasteiger partial charge in [0.25, 0.3) is 5.91 Å². The van der Waals surface area contributed by atoms with E-state index < -0.39 is 0 Å². The molecule has 0 aliphatic heterocycles. The number of carbonyl (C=O) groups is 1. The molecule has 1 aliphatic rings. The summed E-state index contributed by atoms with van der Waals surface area (Å²) >= 11 is 0. The van der Waals surface area contributed by atoms with E-state index in [9.17, 15) is 4.79 Å². The molecule has 0 atom stereocenters. The second kappa shape index (κ2) is 8.02. The van der Waals surface area contributed by atoms with Gasteiger partial charge >= 0.3 is 0 Å². The number of hydrogen-bond donors (Lipinski definition) is 1. The molecule has 1 amide bonds. The maximum absolute atomic E-state index is 12.5. The average Bonchev–Trinajstić information content (AvgIpc) is 3.18. The maximum atomic E-state index is 12.5. The van der Waals surface area contributed by atoms with Crippen molar-refractivity contribution in [1.82, 2.24) is 30.0 Å². The van der Waals surface area contributed by atoms with E-state index in [0.717, 1.165) is 29.7 Å². The smallest absolute Gasteiger partial charge is 0.271 e. The minimum atomic E-state index is -0.223. The molecule has 30 heavy (non-hydrogen) atoms. The van der Waals surface area contributed by atoms with Gasteiger partial charge in [-0.05, 0) is 49.9 Å². The number of rotatable bonds is 5. The topological polar surface area (TPSA) is 85.6 Å². The molecule has 0 saturated heterocycles. The van der Waals surface area contributed by atoms with Gasteiger partial charge in [-0.1, -0.05) is 18.2 Å². The Labute approximate surface area is 174 Å². The number of nitrogens with one attached hydrogen (secondary N) is 1. The third kappa shape index (κ3) is 3.54. The zero-order valence-corrected chi connectivity index (χ0v) is 16.6. The van der Waals surface area contributed by atoms with Crippen molar-refractivity contribution in [3.63, 3.8) is 0 Å². The van der Waals surface area contributed by atoms with E-state index in [1.54, 1.807) is 6.20 Å². The number of para-hydroxylation sites is 2. The Morgan fingerprint density at radius 2 is 1.83 bits per heavy atom. The first kappa shape index (κ1) is 18.4. The van der Waals surface area contributed by atoms with Gasteiger partial charge in [0, 0.05) is 24.0 Å². The Kier molecular flexibility index (Phi) is 4.93. The van der Waals surface area contributed by atoms with Crippen molar-refractivity contribution < 1.29 is 4.79 Å². The molecular formula is C23H22N6O. The summed E-state index contributed by atoms with van der Waals surface area (Å²) in [5, 5.41) is 7.80. The number of carbonyl (C=O) groups excluding carboxylic acids is 1. The molecule has 0 saturated carbocycles. The van der Waals surface area contributed by atoms with Gasteiger partial charge in [-0.15, -0.1) is 0 Å². The number of nitrogens with zero attached hydrogens (tertiary/aromatic N) is 5. The summed E-state index contributed by atoms with van der Waals surface area (Å²) in [6.07, 6.45) is 7.70. The summed E-state index contributed by atoms with van der Waals surface area (Å²) in [4.78, 5) is 25.7. The maximum Gasteiger partial charge on any atom is 0.271 e. The quantitative estimate of drug-likeness (QED) is 0.558. The van der Waals surface area contributed by atoms with Crippen LogP contribution in [0.2, 0.25) is 0 Å². The largest absolute Gasteiger partial charge is 0.349 e. The van der Waals surface area contributed by atoms with Gasteiger partial charge in [0.2, 0.25) is 0 Å². The van der Waals surface area contributed by atoms with Crippen molar-refractivity contribution in [2.75, 3.05) is 6.54 Å². The molecule has 4 aromatic rings. The first-order valence-corrected chi connectivity index (χ1v) is 10.3. The summed E-state index contributed by atoms with van der Waals surface area (Å²) < 4.78 is 2.03. The number of fused-ring (bicyclic) bond motifs is 2. The fraction of sp³-hybridized carbons (Fsp3) is 0.261. The molecule has 0 spiro atoms. The van der Waals surface area contributed by atoms with Crippen LogP contribution in [0.3, 0.4) is 0 Å². The molecule has 0 unspecified atom stereocenters. The Bertz CT molecular complexity index is 1200. The van der Waals surface area contributed by atoms with E-state index in [-0.39, 0.29) is 5.91 Å². The summed E-state index contributed by atoms with van der Waals surface area (Å²) in [5.74, 6) is -0.223. The Balaban J connectivity index is 1.31. The molecule has 5 rings (SSSR count). The minimum absolute atomic E-state index is 0.223. The van der Waals surface area contributed by atoms with Crippen LogP contribution in [0.25, 0.3) is 22.4 Å². The van der Waals surface area contributed by atoms with Crippen molar-refractivity contribution >= 4 is 16.9 Å². The van der Waals surface area contributed by atoms with Gasteiger partial charge in [-0.2, -0.15) is 5.10 Å². The van der Waals surface area contributed by atoms with Crippen molar-refractivity contribution in [3.05, 3.63) is 71.8 Å². The fourth-order valence-electron chi connectivity index (χ4n) is 4.00. The zero-order chi connectivity index (χ0) is 20.3. The predicted octanol–water partition coefficient (Wildman–Crippen LogP) is 3.20. The van der Waals surface area contributed by atoms with E-state index in [1.807, 2.05) is 47.1 Å². The second-order valence-electron chi connectivity index (χ2n) is 7.42. The average molecular weight is 398 g/mol. The van der Waals surface area contributed by atoms with Gasteiger partial charge in [-0.3, -0.25) is 19.4 Å². The molecule has 3 heterocycles. The highest BCUT2D eigenvalue weighted by atomic mass is 16.1. The number of pyridine rings is 1. The Hall–Kier alpha value is -3.61. The molecule has 1 aliphatic carbocycles. The molecule has 1 N–H and O–H groups in total. The third-order valence-electron chi connectivity index (χ3n) is 5.45. The summed E-state index contributed by atoms with van der Waals surface area (Å²) in [6, 6.07) is 13.4. The second-order valence-corrected chi connectivity index (χ2v) is 7.42. The van der Waals surface area contributed by atoms with Crippen LogP contribution in [0.5, 0.6) is 0 Å². The van der Waals surface area contributed by atoms with E-state index >= 15 is 0 Å². The van der Waals surface area contributed by atoms with Crippen molar-refractivity contribution in [3.8, 4) is 11.4 Å². The fourth-order valence-corrected chi connectivity index (χ4v) is 4.00. The normalized spacial score (nSPS) is 13.2. The van der Waals surface area contributed by atoms with Crippen LogP contribution in [0.4, 0.5) is 0 Å². The van der Waals surface area contributed by atoms with Crippen molar-refractivity contribution in [1.29, 1.82) is 0 Å². The molecule has 7 nitrogen and oxygen atoms in total. The highest BCUT2D eigenvalue weighted by Gasteiger charge is 2.22. The van der Waals surface area contributed by atoms with E-state index in [0.29, 0.717) is 24.3 Å². The van der Waals surface area contributed by atoms with Gasteiger partial charge in [0.1, 0.15) is 11.4 Å². The molecular weight excluding hydrogens is 376 g/mol. The molecule has 0 radical (unpaired) electrons. The summed E-state index contributed by atoms with van der Waals surface area (Å²) in [5.41, 5.74) is 6.26. The monoisotopic (exact) mass is 398 g/mol.